The third kappa shape index (κ3) is 5.10. The molecule has 0 bridgehead atoms. The number of morpholine rings is 1. The molecule has 6 heteroatoms. The Morgan fingerprint density at radius 2 is 1.77 bits per heavy atom. The van der Waals surface area contributed by atoms with Crippen molar-refractivity contribution in [2.45, 2.75) is 20.4 Å². The first kappa shape index (κ1) is 21.0. The van der Waals surface area contributed by atoms with Gasteiger partial charge in [-0.3, -0.25) is 9.69 Å². The molecule has 0 spiro atoms. The molecular weight excluding hydrogens is 388 g/mol. The third-order valence-corrected chi connectivity index (χ3v) is 5.58. The number of nitrogens with zero attached hydrogens (tertiary/aromatic N) is 3. The van der Waals surface area contributed by atoms with Crippen LogP contribution < -0.4 is 5.43 Å². The molecular formula is C25H28N4O2. The van der Waals surface area contributed by atoms with E-state index in [-0.39, 0.29) is 5.91 Å². The number of amides is 1. The highest BCUT2D eigenvalue weighted by Gasteiger charge is 2.12. The third-order valence-electron chi connectivity index (χ3n) is 5.58. The van der Waals surface area contributed by atoms with Crippen LogP contribution in [0.2, 0.25) is 0 Å². The number of hydrogen-bond acceptors (Lipinski definition) is 4. The Hall–Kier alpha value is -3.22. The van der Waals surface area contributed by atoms with E-state index in [1.165, 1.54) is 5.56 Å². The highest BCUT2D eigenvalue weighted by atomic mass is 16.5. The normalized spacial score (nSPS) is 14.8. The van der Waals surface area contributed by atoms with E-state index in [0.717, 1.165) is 55.5 Å². The average molecular weight is 417 g/mol. The first-order valence-electron chi connectivity index (χ1n) is 10.6. The van der Waals surface area contributed by atoms with Crippen LogP contribution in [0.1, 0.15) is 32.9 Å². The van der Waals surface area contributed by atoms with Crippen molar-refractivity contribution >= 4 is 12.1 Å². The van der Waals surface area contributed by atoms with Gasteiger partial charge in [0.05, 0.1) is 19.4 Å². The van der Waals surface area contributed by atoms with Crippen molar-refractivity contribution in [3.8, 4) is 5.69 Å². The van der Waals surface area contributed by atoms with Crippen LogP contribution in [-0.2, 0) is 11.3 Å². The monoisotopic (exact) mass is 416 g/mol. The van der Waals surface area contributed by atoms with Gasteiger partial charge in [0.1, 0.15) is 0 Å². The predicted octanol–water partition coefficient (Wildman–Crippen LogP) is 3.69. The van der Waals surface area contributed by atoms with Crippen molar-refractivity contribution in [2.24, 2.45) is 5.10 Å². The molecule has 2 aromatic carbocycles. The van der Waals surface area contributed by atoms with Crippen LogP contribution in [0.4, 0.5) is 0 Å². The summed E-state index contributed by atoms with van der Waals surface area (Å²) in [6.45, 7) is 8.45. The quantitative estimate of drug-likeness (QED) is 0.493. The molecule has 160 valence electrons. The smallest absolute Gasteiger partial charge is 0.271 e. The standard InChI is InChI=1S/C25H28N4O2/c1-19-16-23(20(2)29(19)24-6-4-3-5-7-24)17-26-27-25(30)22-10-8-21(9-11-22)18-28-12-14-31-15-13-28/h3-11,16-17H,12-15,18H2,1-2H3,(H,27,30)/b26-17-. The highest BCUT2D eigenvalue weighted by molar-refractivity contribution is 5.95. The minimum Gasteiger partial charge on any atom is -0.379 e. The second kappa shape index (κ2) is 9.73. The van der Waals surface area contributed by atoms with Crippen molar-refractivity contribution in [1.82, 2.24) is 14.9 Å². The van der Waals surface area contributed by atoms with Gasteiger partial charge in [-0.15, -0.1) is 0 Å². The highest BCUT2D eigenvalue weighted by Crippen LogP contribution is 2.19. The van der Waals surface area contributed by atoms with Crippen LogP contribution in [0.15, 0.2) is 65.8 Å². The molecule has 1 aliphatic heterocycles. The van der Waals surface area contributed by atoms with Gasteiger partial charge in [0.15, 0.2) is 0 Å². The number of carbonyl (C=O) groups excluding carboxylic acids is 1. The summed E-state index contributed by atoms with van der Waals surface area (Å²) in [4.78, 5) is 14.8. The maximum Gasteiger partial charge on any atom is 0.271 e. The zero-order valence-electron chi connectivity index (χ0n) is 18.0. The Bertz CT molecular complexity index is 1050. The Balaban J connectivity index is 1.37. The van der Waals surface area contributed by atoms with E-state index in [2.05, 4.69) is 52.0 Å². The van der Waals surface area contributed by atoms with Gasteiger partial charge in [-0.25, -0.2) is 5.43 Å². The van der Waals surface area contributed by atoms with Gasteiger partial charge in [-0.05, 0) is 49.7 Å². The van der Waals surface area contributed by atoms with E-state index in [1.54, 1.807) is 6.21 Å². The van der Waals surface area contributed by atoms with Crippen LogP contribution in [-0.4, -0.2) is 47.9 Å². The molecule has 1 amide bonds. The largest absolute Gasteiger partial charge is 0.379 e. The van der Waals surface area contributed by atoms with E-state index in [1.807, 2.05) is 42.5 Å². The number of ether oxygens (including phenoxy) is 1. The molecule has 2 heterocycles. The van der Waals surface area contributed by atoms with Crippen molar-refractivity contribution in [2.75, 3.05) is 26.3 Å². The Morgan fingerprint density at radius 1 is 1.06 bits per heavy atom. The van der Waals surface area contributed by atoms with Crippen molar-refractivity contribution in [3.05, 3.63) is 88.7 Å². The summed E-state index contributed by atoms with van der Waals surface area (Å²) < 4.78 is 7.56. The number of hydrogen-bond donors (Lipinski definition) is 1. The zero-order chi connectivity index (χ0) is 21.6. The van der Waals surface area contributed by atoms with Crippen LogP contribution in [0.5, 0.6) is 0 Å². The number of benzene rings is 2. The second-order valence-corrected chi connectivity index (χ2v) is 7.78. The molecule has 0 aliphatic carbocycles. The average Bonchev–Trinajstić information content (AvgIpc) is 3.08. The van der Waals surface area contributed by atoms with E-state index in [4.69, 9.17) is 4.74 Å². The van der Waals surface area contributed by atoms with Gasteiger partial charge in [0, 0.05) is 47.8 Å². The molecule has 4 rings (SSSR count). The van der Waals surface area contributed by atoms with Gasteiger partial charge in [0.25, 0.3) is 5.91 Å². The molecule has 3 aromatic rings. The summed E-state index contributed by atoms with van der Waals surface area (Å²) in [6.07, 6.45) is 1.70. The lowest BCUT2D eigenvalue weighted by molar-refractivity contribution is 0.0342. The molecule has 0 saturated carbocycles. The second-order valence-electron chi connectivity index (χ2n) is 7.78. The number of hydrazone groups is 1. The van der Waals surface area contributed by atoms with Crippen molar-refractivity contribution in [1.29, 1.82) is 0 Å². The first-order valence-corrected chi connectivity index (χ1v) is 10.6. The number of aromatic nitrogens is 1. The first-order chi connectivity index (χ1) is 15.1. The van der Waals surface area contributed by atoms with Crippen molar-refractivity contribution < 1.29 is 9.53 Å². The summed E-state index contributed by atoms with van der Waals surface area (Å²) in [5.74, 6) is -0.217. The van der Waals surface area contributed by atoms with E-state index in [9.17, 15) is 4.79 Å². The van der Waals surface area contributed by atoms with E-state index >= 15 is 0 Å². The van der Waals surface area contributed by atoms with Crippen molar-refractivity contribution in [3.63, 3.8) is 0 Å². The molecule has 1 fully saturated rings. The van der Waals surface area contributed by atoms with Gasteiger partial charge >= 0.3 is 0 Å². The number of para-hydroxylation sites is 1. The van der Waals surface area contributed by atoms with Gasteiger partial charge < -0.3 is 9.30 Å². The molecule has 1 saturated heterocycles. The number of aryl methyl sites for hydroxylation is 1. The Labute approximate surface area is 183 Å². The number of carbonyl (C=O) groups is 1. The lowest BCUT2D eigenvalue weighted by Crippen LogP contribution is -2.35. The number of nitrogens with one attached hydrogen (secondary N) is 1. The summed E-state index contributed by atoms with van der Waals surface area (Å²) >= 11 is 0. The summed E-state index contributed by atoms with van der Waals surface area (Å²) in [5, 5.41) is 4.18. The molecule has 6 nitrogen and oxygen atoms in total. The fourth-order valence-electron chi connectivity index (χ4n) is 3.90. The van der Waals surface area contributed by atoms with E-state index < -0.39 is 0 Å². The number of rotatable bonds is 6. The van der Waals surface area contributed by atoms with Gasteiger partial charge in [-0.1, -0.05) is 30.3 Å². The molecule has 0 radical (unpaired) electrons. The lowest BCUT2D eigenvalue weighted by atomic mass is 10.1. The fraction of sp³-hybridized carbons (Fsp3) is 0.280. The predicted molar refractivity (Wildman–Crippen MR) is 123 cm³/mol. The minimum absolute atomic E-state index is 0.217. The van der Waals surface area contributed by atoms with Gasteiger partial charge in [-0.2, -0.15) is 5.10 Å². The van der Waals surface area contributed by atoms with E-state index in [0.29, 0.717) is 5.56 Å². The minimum atomic E-state index is -0.217. The molecule has 0 atom stereocenters. The maximum atomic E-state index is 12.5. The molecule has 1 aromatic heterocycles. The molecule has 1 N–H and O–H groups in total. The Morgan fingerprint density at radius 3 is 2.48 bits per heavy atom. The molecule has 1 aliphatic rings. The Kier molecular flexibility index (Phi) is 6.60. The summed E-state index contributed by atoms with van der Waals surface area (Å²) in [5.41, 5.74) is 8.70. The zero-order valence-corrected chi connectivity index (χ0v) is 18.0. The van der Waals surface area contributed by atoms with Crippen LogP contribution in [0.3, 0.4) is 0 Å². The fourth-order valence-corrected chi connectivity index (χ4v) is 3.90. The molecule has 0 unspecified atom stereocenters. The molecule has 31 heavy (non-hydrogen) atoms. The summed E-state index contributed by atoms with van der Waals surface area (Å²) in [7, 11) is 0. The van der Waals surface area contributed by atoms with Crippen LogP contribution in [0.25, 0.3) is 5.69 Å². The van der Waals surface area contributed by atoms with Crippen LogP contribution >= 0.6 is 0 Å². The lowest BCUT2D eigenvalue weighted by Gasteiger charge is -2.26. The topological polar surface area (TPSA) is 58.9 Å². The van der Waals surface area contributed by atoms with Crippen LogP contribution in [0, 0.1) is 13.8 Å². The maximum absolute atomic E-state index is 12.5. The van der Waals surface area contributed by atoms with Gasteiger partial charge in [0.2, 0.25) is 0 Å². The SMILES string of the molecule is Cc1cc(/C=N\NC(=O)c2ccc(CN3CCOCC3)cc2)c(C)n1-c1ccccc1. The summed E-state index contributed by atoms with van der Waals surface area (Å²) in [6, 6.07) is 20.0.